The van der Waals surface area contributed by atoms with Crippen molar-refractivity contribution in [1.82, 2.24) is 0 Å². The molecule has 1 atom stereocenters. The van der Waals surface area contributed by atoms with Gasteiger partial charge in [-0.15, -0.1) is 0 Å². The largest absolute Gasteiger partial charge is 0.344 e. The predicted molar refractivity (Wildman–Crippen MR) is 55.6 cm³/mol. The highest BCUT2D eigenvalue weighted by Gasteiger charge is 2.38. The van der Waals surface area contributed by atoms with Gasteiger partial charge in [0.1, 0.15) is 5.25 Å². The van der Waals surface area contributed by atoms with Gasteiger partial charge in [-0.2, -0.15) is 8.42 Å². The molecule has 94 valence electrons. The lowest BCUT2D eigenvalue weighted by molar-refractivity contribution is -0.144. The molecule has 0 bridgehead atoms. The van der Waals surface area contributed by atoms with Gasteiger partial charge in [-0.1, -0.05) is 19.8 Å². The first kappa shape index (κ1) is 13.6. The maximum Gasteiger partial charge on any atom is 0.275 e. The van der Waals surface area contributed by atoms with Crippen LogP contribution in [0.4, 0.5) is 0 Å². The van der Waals surface area contributed by atoms with Gasteiger partial charge in [0, 0.05) is 0 Å². The Bertz CT molecular complexity index is 330. The van der Waals surface area contributed by atoms with E-state index in [0.29, 0.717) is 6.42 Å². The minimum atomic E-state index is -4.38. The Labute approximate surface area is 94.7 Å². The van der Waals surface area contributed by atoms with Crippen LogP contribution in [0.5, 0.6) is 0 Å². The number of hydrogen-bond donors (Lipinski definition) is 1. The molecule has 1 heterocycles. The van der Waals surface area contributed by atoms with Gasteiger partial charge in [0.25, 0.3) is 10.1 Å². The summed E-state index contributed by atoms with van der Waals surface area (Å²) in [4.78, 5) is 11.7. The fourth-order valence-corrected chi connectivity index (χ4v) is 2.37. The molecule has 0 radical (unpaired) electrons. The second-order valence-corrected chi connectivity index (χ2v) is 5.22. The zero-order valence-electron chi connectivity index (χ0n) is 9.09. The maximum atomic E-state index is 11.7. The predicted octanol–water partition coefficient (Wildman–Crippen LogP) is 0.375. The monoisotopic (exact) mass is 252 g/mol. The molecular formula is C9H16O6S. The van der Waals surface area contributed by atoms with Crippen LogP contribution in [-0.4, -0.2) is 43.5 Å². The van der Waals surface area contributed by atoms with Crippen LogP contribution in [0.1, 0.15) is 26.2 Å². The number of ether oxygens (including phenoxy) is 2. The molecule has 1 fully saturated rings. The molecule has 0 spiro atoms. The van der Waals surface area contributed by atoms with Gasteiger partial charge in [0.15, 0.2) is 0 Å². The third-order valence-electron chi connectivity index (χ3n) is 2.35. The summed E-state index contributed by atoms with van der Waals surface area (Å²) in [6.45, 7) is 2.40. The molecule has 1 aliphatic heterocycles. The average molecular weight is 252 g/mol. The minimum absolute atomic E-state index is 0.0946. The van der Waals surface area contributed by atoms with Gasteiger partial charge in [-0.05, 0) is 6.42 Å². The summed E-state index contributed by atoms with van der Waals surface area (Å²) in [6, 6.07) is 0. The van der Waals surface area contributed by atoms with Crippen molar-refractivity contribution >= 4 is 15.9 Å². The molecule has 1 aliphatic rings. The van der Waals surface area contributed by atoms with Crippen LogP contribution in [0.15, 0.2) is 0 Å². The number of carbonyl (C=O) groups excluding carboxylic acids is 1. The number of ketones is 1. The van der Waals surface area contributed by atoms with Gasteiger partial charge >= 0.3 is 0 Å². The molecule has 1 unspecified atom stereocenters. The summed E-state index contributed by atoms with van der Waals surface area (Å²) in [6.07, 6.45) is 0.232. The van der Waals surface area contributed by atoms with E-state index >= 15 is 0 Å². The topological polar surface area (TPSA) is 89.9 Å². The number of Topliss-reactive ketones (excluding diaryl/α,β-unsaturated/α-hetero) is 1. The van der Waals surface area contributed by atoms with Crippen molar-refractivity contribution in [3.8, 4) is 0 Å². The molecule has 7 heteroatoms. The van der Waals surface area contributed by atoms with Crippen molar-refractivity contribution < 1.29 is 27.2 Å². The third kappa shape index (κ3) is 3.51. The van der Waals surface area contributed by atoms with Crippen molar-refractivity contribution in [3.63, 3.8) is 0 Å². The first-order valence-corrected chi connectivity index (χ1v) is 6.70. The highest BCUT2D eigenvalue weighted by Crippen LogP contribution is 2.16. The van der Waals surface area contributed by atoms with Crippen molar-refractivity contribution in [1.29, 1.82) is 0 Å². The van der Waals surface area contributed by atoms with Gasteiger partial charge in [0.05, 0.1) is 13.2 Å². The molecule has 0 aromatic rings. The van der Waals surface area contributed by atoms with E-state index in [1.165, 1.54) is 0 Å². The van der Waals surface area contributed by atoms with Crippen LogP contribution in [-0.2, 0) is 24.4 Å². The Balaban J connectivity index is 2.71. The molecule has 6 nitrogen and oxygen atoms in total. The molecule has 1 saturated heterocycles. The zero-order chi connectivity index (χ0) is 12.2. The molecule has 0 saturated carbocycles. The van der Waals surface area contributed by atoms with Crippen LogP contribution in [0.25, 0.3) is 0 Å². The Morgan fingerprint density at radius 2 is 2.00 bits per heavy atom. The second kappa shape index (κ2) is 5.72. The Hall–Kier alpha value is -0.500. The van der Waals surface area contributed by atoms with Crippen molar-refractivity contribution in [2.75, 3.05) is 13.2 Å². The van der Waals surface area contributed by atoms with E-state index in [0.717, 1.165) is 6.42 Å². The van der Waals surface area contributed by atoms with E-state index in [4.69, 9.17) is 14.0 Å². The molecule has 1 N–H and O–H groups in total. The van der Waals surface area contributed by atoms with E-state index in [1.54, 1.807) is 0 Å². The Kier molecular flexibility index (Phi) is 4.85. The van der Waals surface area contributed by atoms with Gasteiger partial charge < -0.3 is 9.47 Å². The van der Waals surface area contributed by atoms with E-state index in [9.17, 15) is 13.2 Å². The van der Waals surface area contributed by atoms with Crippen LogP contribution in [0.2, 0.25) is 0 Å². The van der Waals surface area contributed by atoms with E-state index < -0.39 is 27.4 Å². The SMILES string of the molecule is CCCCC(C(=O)C1OCCO1)S(=O)(=O)O. The minimum Gasteiger partial charge on any atom is -0.344 e. The van der Waals surface area contributed by atoms with Crippen LogP contribution in [0.3, 0.4) is 0 Å². The first-order chi connectivity index (χ1) is 7.46. The van der Waals surface area contributed by atoms with Crippen LogP contribution in [0, 0.1) is 0 Å². The van der Waals surface area contributed by atoms with E-state index in [-0.39, 0.29) is 19.6 Å². The first-order valence-electron chi connectivity index (χ1n) is 5.20. The third-order valence-corrected chi connectivity index (χ3v) is 3.54. The van der Waals surface area contributed by atoms with Crippen molar-refractivity contribution in [3.05, 3.63) is 0 Å². The molecule has 0 amide bonds. The molecule has 0 aromatic heterocycles. The summed E-state index contributed by atoms with van der Waals surface area (Å²) in [5.41, 5.74) is 0. The molecule has 0 aromatic carbocycles. The number of carbonyl (C=O) groups is 1. The van der Waals surface area contributed by atoms with Gasteiger partial charge in [-0.3, -0.25) is 9.35 Å². The summed E-state index contributed by atoms with van der Waals surface area (Å²) in [5, 5.41) is -1.43. The van der Waals surface area contributed by atoms with Gasteiger partial charge in [-0.25, -0.2) is 0 Å². The number of rotatable bonds is 6. The standard InChI is InChI=1S/C9H16O6S/c1-2-3-4-7(16(11,12)13)8(10)9-14-5-6-15-9/h7,9H,2-6H2,1H3,(H,11,12,13). The summed E-state index contributed by atoms with van der Waals surface area (Å²) >= 11 is 0. The Morgan fingerprint density at radius 3 is 2.44 bits per heavy atom. The number of hydrogen-bond acceptors (Lipinski definition) is 5. The highest BCUT2D eigenvalue weighted by molar-refractivity contribution is 7.87. The molecule has 1 rings (SSSR count). The summed E-state index contributed by atoms with van der Waals surface area (Å²) in [5.74, 6) is -0.714. The summed E-state index contributed by atoms with van der Waals surface area (Å²) < 4.78 is 40.9. The van der Waals surface area contributed by atoms with Crippen LogP contribution < -0.4 is 0 Å². The molecule has 0 aliphatic carbocycles. The molecular weight excluding hydrogens is 236 g/mol. The maximum absolute atomic E-state index is 11.7. The Morgan fingerprint density at radius 1 is 1.44 bits per heavy atom. The quantitative estimate of drug-likeness (QED) is 0.687. The lowest BCUT2D eigenvalue weighted by atomic mass is 10.1. The van der Waals surface area contributed by atoms with Crippen molar-refractivity contribution in [2.45, 2.75) is 37.7 Å². The van der Waals surface area contributed by atoms with Crippen molar-refractivity contribution in [2.24, 2.45) is 0 Å². The lowest BCUT2D eigenvalue weighted by Crippen LogP contribution is -2.38. The highest BCUT2D eigenvalue weighted by atomic mass is 32.2. The fourth-order valence-electron chi connectivity index (χ4n) is 1.50. The smallest absolute Gasteiger partial charge is 0.275 e. The van der Waals surface area contributed by atoms with Crippen LogP contribution >= 0.6 is 0 Å². The zero-order valence-corrected chi connectivity index (χ0v) is 9.90. The summed E-state index contributed by atoms with van der Waals surface area (Å²) in [7, 11) is -4.38. The normalized spacial score (nSPS) is 19.9. The van der Waals surface area contributed by atoms with E-state index in [2.05, 4.69) is 0 Å². The number of unbranched alkanes of at least 4 members (excludes halogenated alkanes) is 1. The average Bonchev–Trinajstić information content (AvgIpc) is 2.68. The van der Waals surface area contributed by atoms with E-state index in [1.807, 2.05) is 6.92 Å². The fraction of sp³-hybridized carbons (Fsp3) is 0.889. The lowest BCUT2D eigenvalue weighted by Gasteiger charge is -2.15. The van der Waals surface area contributed by atoms with Gasteiger partial charge in [0.2, 0.25) is 12.1 Å². The molecule has 16 heavy (non-hydrogen) atoms. The second-order valence-electron chi connectivity index (χ2n) is 3.62.